The lowest BCUT2D eigenvalue weighted by molar-refractivity contribution is 0.415. The van der Waals surface area contributed by atoms with Crippen LogP contribution in [0.25, 0.3) is 0 Å². The smallest absolute Gasteiger partial charge is 0.119 e. The first-order valence-corrected chi connectivity index (χ1v) is 9.27. The molecular formula is C21H28ClNO. The summed E-state index contributed by atoms with van der Waals surface area (Å²) in [5.74, 6) is 0.870. The monoisotopic (exact) mass is 345 g/mol. The number of unbranched alkanes of at least 4 members (excludes halogenated alkanes) is 4. The van der Waals surface area contributed by atoms with E-state index in [0.717, 1.165) is 22.9 Å². The Labute approximate surface area is 151 Å². The number of anilines is 1. The van der Waals surface area contributed by atoms with E-state index in [2.05, 4.69) is 36.5 Å². The van der Waals surface area contributed by atoms with Crippen LogP contribution < -0.4 is 10.1 Å². The van der Waals surface area contributed by atoms with Crippen LogP contribution in [-0.4, -0.2) is 7.11 Å². The van der Waals surface area contributed by atoms with Crippen LogP contribution in [0.3, 0.4) is 0 Å². The Balaban J connectivity index is 2.05. The molecule has 0 aromatic heterocycles. The van der Waals surface area contributed by atoms with Crippen molar-refractivity contribution in [3.05, 3.63) is 59.1 Å². The average molecular weight is 346 g/mol. The van der Waals surface area contributed by atoms with Crippen molar-refractivity contribution in [2.45, 2.75) is 51.5 Å². The molecule has 0 aliphatic heterocycles. The molecule has 0 saturated heterocycles. The minimum absolute atomic E-state index is 0.230. The quantitative estimate of drug-likeness (QED) is 0.475. The van der Waals surface area contributed by atoms with Crippen LogP contribution >= 0.6 is 11.6 Å². The molecule has 2 aromatic rings. The van der Waals surface area contributed by atoms with Gasteiger partial charge in [0.2, 0.25) is 0 Å². The highest BCUT2D eigenvalue weighted by molar-refractivity contribution is 6.31. The van der Waals surface area contributed by atoms with Gasteiger partial charge in [0.1, 0.15) is 5.75 Å². The van der Waals surface area contributed by atoms with Crippen LogP contribution in [0.5, 0.6) is 5.75 Å². The lowest BCUT2D eigenvalue weighted by atomic mass is 9.99. The van der Waals surface area contributed by atoms with Crippen molar-refractivity contribution >= 4 is 17.3 Å². The van der Waals surface area contributed by atoms with Crippen LogP contribution in [0.1, 0.15) is 57.1 Å². The van der Waals surface area contributed by atoms with Gasteiger partial charge in [0.25, 0.3) is 0 Å². The number of methoxy groups -OCH3 is 1. The van der Waals surface area contributed by atoms with E-state index in [4.69, 9.17) is 16.3 Å². The summed E-state index contributed by atoms with van der Waals surface area (Å²) in [5.41, 5.74) is 2.26. The second kappa shape index (κ2) is 10.2. The maximum absolute atomic E-state index is 6.44. The third-order valence-electron chi connectivity index (χ3n) is 4.31. The Morgan fingerprint density at radius 1 is 0.958 bits per heavy atom. The fourth-order valence-electron chi connectivity index (χ4n) is 2.90. The second-order valence-corrected chi connectivity index (χ2v) is 6.56. The van der Waals surface area contributed by atoms with Crippen LogP contribution in [-0.2, 0) is 0 Å². The number of hydrogen-bond acceptors (Lipinski definition) is 2. The molecule has 0 bridgehead atoms. The summed E-state index contributed by atoms with van der Waals surface area (Å²) in [6.45, 7) is 2.25. The van der Waals surface area contributed by atoms with E-state index in [9.17, 15) is 0 Å². The first kappa shape index (κ1) is 18.7. The first-order chi connectivity index (χ1) is 11.7. The van der Waals surface area contributed by atoms with Gasteiger partial charge in [0, 0.05) is 10.7 Å². The van der Waals surface area contributed by atoms with Crippen molar-refractivity contribution < 1.29 is 4.74 Å². The van der Waals surface area contributed by atoms with Crippen molar-refractivity contribution in [3.8, 4) is 5.75 Å². The van der Waals surface area contributed by atoms with Crippen molar-refractivity contribution in [3.63, 3.8) is 0 Å². The first-order valence-electron chi connectivity index (χ1n) is 8.89. The molecule has 0 radical (unpaired) electrons. The summed E-state index contributed by atoms with van der Waals surface area (Å²) >= 11 is 6.44. The molecule has 130 valence electrons. The maximum Gasteiger partial charge on any atom is 0.119 e. The zero-order chi connectivity index (χ0) is 17.2. The molecule has 1 unspecified atom stereocenters. The minimum Gasteiger partial charge on any atom is -0.497 e. The van der Waals surface area contributed by atoms with Crippen LogP contribution in [0.15, 0.2) is 48.5 Å². The fraction of sp³-hybridized carbons (Fsp3) is 0.429. The van der Waals surface area contributed by atoms with Crippen molar-refractivity contribution in [1.82, 2.24) is 0 Å². The zero-order valence-electron chi connectivity index (χ0n) is 14.7. The highest BCUT2D eigenvalue weighted by Gasteiger charge is 2.14. The number of rotatable bonds is 10. The van der Waals surface area contributed by atoms with Gasteiger partial charge < -0.3 is 10.1 Å². The Hall–Kier alpha value is -1.67. The summed E-state index contributed by atoms with van der Waals surface area (Å²) in [6.07, 6.45) is 7.48. The predicted octanol–water partition coefficient (Wildman–Crippen LogP) is 6.86. The van der Waals surface area contributed by atoms with Crippen LogP contribution in [0, 0.1) is 0 Å². The van der Waals surface area contributed by atoms with Gasteiger partial charge in [-0.2, -0.15) is 0 Å². The van der Waals surface area contributed by atoms with Crippen molar-refractivity contribution in [1.29, 1.82) is 0 Å². The molecule has 1 N–H and O–H groups in total. The molecule has 0 spiro atoms. The third-order valence-corrected chi connectivity index (χ3v) is 4.65. The molecule has 2 nitrogen and oxygen atoms in total. The fourth-order valence-corrected chi connectivity index (χ4v) is 3.17. The van der Waals surface area contributed by atoms with Crippen molar-refractivity contribution in [2.75, 3.05) is 12.4 Å². The molecule has 0 fully saturated rings. The zero-order valence-corrected chi connectivity index (χ0v) is 15.5. The maximum atomic E-state index is 6.44. The van der Waals surface area contributed by atoms with E-state index >= 15 is 0 Å². The molecule has 2 rings (SSSR count). The average Bonchev–Trinajstić information content (AvgIpc) is 2.62. The molecule has 0 aliphatic carbocycles. The van der Waals surface area contributed by atoms with E-state index in [0.29, 0.717) is 0 Å². The molecule has 0 amide bonds. The summed E-state index contributed by atoms with van der Waals surface area (Å²) < 4.78 is 5.23. The van der Waals surface area contributed by atoms with Gasteiger partial charge in [-0.3, -0.25) is 0 Å². The Bertz CT molecular complexity index is 597. The molecule has 2 aromatic carbocycles. The Morgan fingerprint density at radius 2 is 1.67 bits per heavy atom. The van der Waals surface area contributed by atoms with Gasteiger partial charge in [-0.05, 0) is 42.3 Å². The SMILES string of the molecule is CCCCCCCC(Nc1ccc(OC)cc1)c1ccccc1Cl. The molecule has 24 heavy (non-hydrogen) atoms. The summed E-state index contributed by atoms with van der Waals surface area (Å²) in [4.78, 5) is 0. The van der Waals surface area contributed by atoms with Gasteiger partial charge in [-0.25, -0.2) is 0 Å². The predicted molar refractivity (Wildman–Crippen MR) is 104 cm³/mol. The molecule has 0 heterocycles. The van der Waals surface area contributed by atoms with Gasteiger partial charge in [-0.1, -0.05) is 68.8 Å². The number of halogens is 1. The van der Waals surface area contributed by atoms with E-state index in [1.165, 1.54) is 37.7 Å². The molecule has 3 heteroatoms. The van der Waals surface area contributed by atoms with E-state index in [1.807, 2.05) is 24.3 Å². The number of nitrogens with one attached hydrogen (secondary N) is 1. The topological polar surface area (TPSA) is 21.3 Å². The summed E-state index contributed by atoms with van der Waals surface area (Å²) in [6, 6.07) is 16.4. The van der Waals surface area contributed by atoms with E-state index in [-0.39, 0.29) is 6.04 Å². The minimum atomic E-state index is 0.230. The second-order valence-electron chi connectivity index (χ2n) is 6.15. The standard InChI is InChI=1S/C21H28ClNO/c1-3-4-5-6-7-12-21(19-10-8-9-11-20(19)22)23-17-13-15-18(24-2)16-14-17/h8-11,13-16,21,23H,3-7,12H2,1-2H3. The van der Waals surface area contributed by atoms with Gasteiger partial charge in [0.05, 0.1) is 13.2 Å². The highest BCUT2D eigenvalue weighted by atomic mass is 35.5. The molecular weight excluding hydrogens is 318 g/mol. The lowest BCUT2D eigenvalue weighted by Gasteiger charge is -2.22. The summed E-state index contributed by atoms with van der Waals surface area (Å²) in [7, 11) is 1.69. The normalized spacial score (nSPS) is 12.0. The largest absolute Gasteiger partial charge is 0.497 e. The molecule has 0 saturated carbocycles. The Morgan fingerprint density at radius 3 is 2.33 bits per heavy atom. The third kappa shape index (κ3) is 5.76. The highest BCUT2D eigenvalue weighted by Crippen LogP contribution is 2.30. The molecule has 1 atom stereocenters. The van der Waals surface area contributed by atoms with Gasteiger partial charge in [0.15, 0.2) is 0 Å². The van der Waals surface area contributed by atoms with E-state index in [1.54, 1.807) is 7.11 Å². The van der Waals surface area contributed by atoms with Gasteiger partial charge in [-0.15, -0.1) is 0 Å². The van der Waals surface area contributed by atoms with Crippen LogP contribution in [0.4, 0.5) is 5.69 Å². The number of benzene rings is 2. The Kier molecular flexibility index (Phi) is 7.97. The van der Waals surface area contributed by atoms with E-state index < -0.39 is 0 Å². The lowest BCUT2D eigenvalue weighted by Crippen LogP contribution is -2.11. The summed E-state index contributed by atoms with van der Waals surface area (Å²) in [5, 5.41) is 4.47. The molecule has 0 aliphatic rings. The number of hydrogen-bond donors (Lipinski definition) is 1. The van der Waals surface area contributed by atoms with Crippen molar-refractivity contribution in [2.24, 2.45) is 0 Å². The van der Waals surface area contributed by atoms with Gasteiger partial charge >= 0.3 is 0 Å². The number of ether oxygens (including phenoxy) is 1. The van der Waals surface area contributed by atoms with Crippen LogP contribution in [0.2, 0.25) is 5.02 Å².